The highest BCUT2D eigenvalue weighted by molar-refractivity contribution is 6.10. The van der Waals surface area contributed by atoms with E-state index >= 15 is 0 Å². The molecule has 7 rings (SSSR count). The fourth-order valence-electron chi connectivity index (χ4n) is 5.41. The van der Waals surface area contributed by atoms with Crippen LogP contribution in [0, 0.1) is 0 Å². The van der Waals surface area contributed by atoms with E-state index in [-0.39, 0.29) is 0 Å². The number of anilines is 2. The van der Waals surface area contributed by atoms with Crippen molar-refractivity contribution < 1.29 is 0 Å². The Labute approximate surface area is 222 Å². The summed E-state index contributed by atoms with van der Waals surface area (Å²) in [6, 6.07) is 53.7. The van der Waals surface area contributed by atoms with Gasteiger partial charge in [-0.05, 0) is 70.8 Å². The van der Waals surface area contributed by atoms with Crippen molar-refractivity contribution in [2.45, 2.75) is 0 Å². The minimum Gasteiger partial charge on any atom is -0.356 e. The molecule has 0 saturated carbocycles. The molecule has 2 nitrogen and oxygen atoms in total. The molecule has 6 aromatic carbocycles. The monoisotopic (exact) mass is 486 g/mol. The molecule has 1 heterocycles. The largest absolute Gasteiger partial charge is 0.356 e. The Balaban J connectivity index is 1.23. The molecule has 0 radical (unpaired) electrons. The number of hydrogen-bond donors (Lipinski definition) is 1. The van der Waals surface area contributed by atoms with Crippen molar-refractivity contribution in [3.63, 3.8) is 0 Å². The second-order valence-electron chi connectivity index (χ2n) is 9.53. The van der Waals surface area contributed by atoms with Crippen molar-refractivity contribution in [3.8, 4) is 27.9 Å². The lowest BCUT2D eigenvalue weighted by atomic mass is 9.94. The lowest BCUT2D eigenvalue weighted by molar-refractivity contribution is 1.18. The predicted molar refractivity (Wildman–Crippen MR) is 161 cm³/mol. The van der Waals surface area contributed by atoms with Gasteiger partial charge in [0.2, 0.25) is 0 Å². The first-order valence-electron chi connectivity index (χ1n) is 13.0. The third-order valence-corrected chi connectivity index (χ3v) is 7.18. The van der Waals surface area contributed by atoms with Crippen LogP contribution in [0.5, 0.6) is 0 Å². The minimum absolute atomic E-state index is 1.07. The van der Waals surface area contributed by atoms with Crippen molar-refractivity contribution in [1.29, 1.82) is 0 Å². The zero-order valence-corrected chi connectivity index (χ0v) is 20.9. The molecule has 0 aliphatic rings. The van der Waals surface area contributed by atoms with Crippen LogP contribution in [0.3, 0.4) is 0 Å². The maximum Gasteiger partial charge on any atom is 0.0542 e. The van der Waals surface area contributed by atoms with Gasteiger partial charge in [-0.15, -0.1) is 0 Å². The van der Waals surface area contributed by atoms with E-state index in [1.54, 1.807) is 0 Å². The SMILES string of the molecule is c1ccc(-c2ccccc2-c2ccc(Nc3ccc4c(c3)c3ccccc3n4-c3ccccc3)cc2)cc1. The summed E-state index contributed by atoms with van der Waals surface area (Å²) in [5.41, 5.74) is 10.6. The van der Waals surface area contributed by atoms with Crippen molar-refractivity contribution in [3.05, 3.63) is 152 Å². The summed E-state index contributed by atoms with van der Waals surface area (Å²) in [6.07, 6.45) is 0. The topological polar surface area (TPSA) is 17.0 Å². The van der Waals surface area contributed by atoms with E-state index in [0.29, 0.717) is 0 Å². The van der Waals surface area contributed by atoms with Gasteiger partial charge < -0.3 is 9.88 Å². The van der Waals surface area contributed by atoms with E-state index < -0.39 is 0 Å². The third kappa shape index (κ3) is 3.93. The number of fused-ring (bicyclic) bond motifs is 3. The van der Waals surface area contributed by atoms with Gasteiger partial charge in [0.1, 0.15) is 0 Å². The highest BCUT2D eigenvalue weighted by Crippen LogP contribution is 2.35. The predicted octanol–water partition coefficient (Wildman–Crippen LogP) is 9.86. The van der Waals surface area contributed by atoms with Crippen LogP contribution in [0.1, 0.15) is 0 Å². The second-order valence-corrected chi connectivity index (χ2v) is 9.53. The lowest BCUT2D eigenvalue weighted by Crippen LogP contribution is -1.94. The molecule has 0 aliphatic carbocycles. The Bertz CT molecular complexity index is 1860. The molecule has 180 valence electrons. The molecule has 7 aromatic rings. The molecule has 1 aromatic heterocycles. The number of rotatable bonds is 5. The van der Waals surface area contributed by atoms with Gasteiger partial charge in [-0.2, -0.15) is 0 Å². The van der Waals surface area contributed by atoms with Crippen molar-refractivity contribution in [2.75, 3.05) is 5.32 Å². The molecular weight excluding hydrogens is 460 g/mol. The number of hydrogen-bond acceptors (Lipinski definition) is 1. The molecular formula is C36H26N2. The molecule has 2 heteroatoms. The van der Waals surface area contributed by atoms with Gasteiger partial charge in [0.15, 0.2) is 0 Å². The first kappa shape index (κ1) is 22.1. The Morgan fingerprint density at radius 1 is 0.395 bits per heavy atom. The molecule has 0 atom stereocenters. The number of benzene rings is 6. The third-order valence-electron chi connectivity index (χ3n) is 7.18. The van der Waals surface area contributed by atoms with E-state index in [2.05, 4.69) is 162 Å². The van der Waals surface area contributed by atoms with Crippen LogP contribution in [0.25, 0.3) is 49.7 Å². The highest BCUT2D eigenvalue weighted by atomic mass is 15.0. The standard InChI is InChI=1S/C36H26N2/c1-3-11-26(12-4-1)31-15-7-8-16-32(31)27-19-21-28(22-20-27)37-29-23-24-36-34(25-29)33-17-9-10-18-35(33)38(36)30-13-5-2-6-14-30/h1-25,37H. The molecule has 0 amide bonds. The number of nitrogens with one attached hydrogen (secondary N) is 1. The average Bonchev–Trinajstić information content (AvgIpc) is 3.32. The van der Waals surface area contributed by atoms with Gasteiger partial charge in [0.25, 0.3) is 0 Å². The van der Waals surface area contributed by atoms with E-state index in [0.717, 1.165) is 11.4 Å². The fraction of sp³-hybridized carbons (Fsp3) is 0. The molecule has 0 saturated heterocycles. The Hall–Kier alpha value is -5.08. The van der Waals surface area contributed by atoms with Crippen LogP contribution in [-0.4, -0.2) is 4.57 Å². The average molecular weight is 487 g/mol. The van der Waals surface area contributed by atoms with Gasteiger partial charge >= 0.3 is 0 Å². The zero-order chi connectivity index (χ0) is 25.3. The first-order valence-corrected chi connectivity index (χ1v) is 13.0. The quantitative estimate of drug-likeness (QED) is 0.256. The summed E-state index contributed by atoms with van der Waals surface area (Å²) in [6.45, 7) is 0. The molecule has 0 aliphatic heterocycles. The van der Waals surface area contributed by atoms with E-state index in [1.807, 2.05) is 0 Å². The first-order chi connectivity index (χ1) is 18.8. The minimum atomic E-state index is 1.07. The summed E-state index contributed by atoms with van der Waals surface area (Å²) >= 11 is 0. The fourth-order valence-corrected chi connectivity index (χ4v) is 5.41. The number of para-hydroxylation sites is 2. The number of nitrogens with zero attached hydrogens (tertiary/aromatic N) is 1. The zero-order valence-electron chi connectivity index (χ0n) is 20.9. The van der Waals surface area contributed by atoms with Crippen LogP contribution in [0.4, 0.5) is 11.4 Å². The molecule has 0 unspecified atom stereocenters. The Morgan fingerprint density at radius 2 is 0.947 bits per heavy atom. The Kier molecular flexibility index (Phi) is 5.49. The molecule has 38 heavy (non-hydrogen) atoms. The van der Waals surface area contributed by atoms with Gasteiger partial charge in [-0.1, -0.05) is 103 Å². The maximum absolute atomic E-state index is 3.63. The second kappa shape index (κ2) is 9.42. The molecule has 0 bridgehead atoms. The summed E-state index contributed by atoms with van der Waals surface area (Å²) in [4.78, 5) is 0. The van der Waals surface area contributed by atoms with E-state index in [9.17, 15) is 0 Å². The highest BCUT2D eigenvalue weighted by Gasteiger charge is 2.12. The Morgan fingerprint density at radius 3 is 1.68 bits per heavy atom. The summed E-state index contributed by atoms with van der Waals surface area (Å²) in [5.74, 6) is 0. The van der Waals surface area contributed by atoms with Crippen LogP contribution in [-0.2, 0) is 0 Å². The van der Waals surface area contributed by atoms with Gasteiger partial charge in [-0.25, -0.2) is 0 Å². The maximum atomic E-state index is 3.63. The van der Waals surface area contributed by atoms with Crippen LogP contribution >= 0.6 is 0 Å². The normalized spacial score (nSPS) is 11.2. The van der Waals surface area contributed by atoms with E-state index in [1.165, 1.54) is 49.7 Å². The van der Waals surface area contributed by atoms with Crippen LogP contribution < -0.4 is 5.32 Å². The van der Waals surface area contributed by atoms with Crippen molar-refractivity contribution in [2.24, 2.45) is 0 Å². The van der Waals surface area contributed by atoms with Crippen LogP contribution in [0.2, 0.25) is 0 Å². The van der Waals surface area contributed by atoms with E-state index in [4.69, 9.17) is 0 Å². The van der Waals surface area contributed by atoms with Gasteiger partial charge in [0, 0.05) is 27.8 Å². The number of aromatic nitrogens is 1. The van der Waals surface area contributed by atoms with Gasteiger partial charge in [-0.3, -0.25) is 0 Å². The summed E-state index contributed by atoms with van der Waals surface area (Å²) in [7, 11) is 0. The van der Waals surface area contributed by atoms with Crippen molar-refractivity contribution in [1.82, 2.24) is 4.57 Å². The smallest absolute Gasteiger partial charge is 0.0542 e. The van der Waals surface area contributed by atoms with Gasteiger partial charge in [0.05, 0.1) is 11.0 Å². The molecule has 1 N–H and O–H groups in total. The molecule has 0 fully saturated rings. The van der Waals surface area contributed by atoms with Crippen molar-refractivity contribution >= 4 is 33.2 Å². The molecule has 0 spiro atoms. The summed E-state index contributed by atoms with van der Waals surface area (Å²) < 4.78 is 2.34. The van der Waals surface area contributed by atoms with Crippen LogP contribution in [0.15, 0.2) is 152 Å². The summed E-state index contributed by atoms with van der Waals surface area (Å²) in [5, 5.41) is 6.12. The lowest BCUT2D eigenvalue weighted by Gasteiger charge is -2.12.